The summed E-state index contributed by atoms with van der Waals surface area (Å²) in [6.07, 6.45) is 0. The number of carbonyl (C=O) groups excluding carboxylic acids is 2. The normalized spacial score (nSPS) is 10.0. The van der Waals surface area contributed by atoms with Gasteiger partial charge in [0.2, 0.25) is 0 Å². The lowest BCUT2D eigenvalue weighted by Crippen LogP contribution is -2.20. The van der Waals surface area contributed by atoms with Crippen molar-refractivity contribution in [1.29, 1.82) is 0 Å². The molecular weight excluding hydrogens is 409 g/mol. The number of ether oxygens (including phenoxy) is 2. The molecular formula is C17H16INO4. The molecule has 5 nitrogen and oxygen atoms in total. The monoisotopic (exact) mass is 425 g/mol. The Bertz CT molecular complexity index is 713. The van der Waals surface area contributed by atoms with Crippen LogP contribution in [0.15, 0.2) is 42.5 Å². The van der Waals surface area contributed by atoms with E-state index in [0.29, 0.717) is 11.3 Å². The van der Waals surface area contributed by atoms with Crippen LogP contribution in [0.25, 0.3) is 0 Å². The van der Waals surface area contributed by atoms with Crippen LogP contribution in [-0.2, 0) is 9.53 Å². The summed E-state index contributed by atoms with van der Waals surface area (Å²) in [6.45, 7) is 1.90. The summed E-state index contributed by atoms with van der Waals surface area (Å²) in [5.41, 5.74) is 2.32. The number of esters is 1. The number of halogens is 1. The van der Waals surface area contributed by atoms with Gasteiger partial charge < -0.3 is 14.8 Å². The van der Waals surface area contributed by atoms with Crippen LogP contribution in [0.2, 0.25) is 0 Å². The molecule has 2 rings (SSSR count). The van der Waals surface area contributed by atoms with Crippen molar-refractivity contribution < 1.29 is 19.1 Å². The molecule has 0 bridgehead atoms. The molecule has 0 saturated carbocycles. The minimum absolute atomic E-state index is 0.109. The molecule has 0 aliphatic heterocycles. The van der Waals surface area contributed by atoms with Gasteiger partial charge in [-0.05, 0) is 71.5 Å². The number of benzene rings is 2. The van der Waals surface area contributed by atoms with Crippen LogP contribution in [0.5, 0.6) is 5.75 Å². The number of hydrogen-bond acceptors (Lipinski definition) is 4. The van der Waals surface area contributed by atoms with Crippen molar-refractivity contribution in [2.24, 2.45) is 0 Å². The molecule has 0 radical (unpaired) electrons. The Morgan fingerprint density at radius 2 is 1.83 bits per heavy atom. The molecule has 0 aromatic heterocycles. The first kappa shape index (κ1) is 17.3. The van der Waals surface area contributed by atoms with Gasteiger partial charge in [-0.1, -0.05) is 6.07 Å². The zero-order chi connectivity index (χ0) is 16.8. The summed E-state index contributed by atoms with van der Waals surface area (Å²) in [5.74, 6) is -0.156. The summed E-state index contributed by atoms with van der Waals surface area (Å²) in [4.78, 5) is 23.2. The Hall–Kier alpha value is -2.09. The van der Waals surface area contributed by atoms with Gasteiger partial charge in [0.25, 0.3) is 5.91 Å². The fourth-order valence-corrected chi connectivity index (χ4v) is 2.34. The molecule has 0 atom stereocenters. The van der Waals surface area contributed by atoms with Gasteiger partial charge >= 0.3 is 5.97 Å². The van der Waals surface area contributed by atoms with E-state index in [2.05, 4.69) is 32.6 Å². The van der Waals surface area contributed by atoms with E-state index >= 15 is 0 Å². The molecule has 120 valence electrons. The largest absolute Gasteiger partial charge is 0.484 e. The fraction of sp³-hybridized carbons (Fsp3) is 0.176. The average molecular weight is 425 g/mol. The number of nitrogens with one attached hydrogen (secondary N) is 1. The van der Waals surface area contributed by atoms with Crippen LogP contribution in [0.1, 0.15) is 15.9 Å². The maximum atomic E-state index is 11.9. The smallest absolute Gasteiger partial charge is 0.337 e. The number of rotatable bonds is 5. The van der Waals surface area contributed by atoms with Crippen LogP contribution in [-0.4, -0.2) is 25.6 Å². The molecule has 0 heterocycles. The summed E-state index contributed by atoms with van der Waals surface area (Å²) >= 11 is 2.22. The van der Waals surface area contributed by atoms with Crippen molar-refractivity contribution in [1.82, 2.24) is 0 Å². The highest BCUT2D eigenvalue weighted by Crippen LogP contribution is 2.17. The summed E-state index contributed by atoms with van der Waals surface area (Å²) in [5, 5.41) is 2.78. The number of amides is 1. The topological polar surface area (TPSA) is 64.6 Å². The standard InChI is InChI=1S/C17H16INO4/c1-11-3-6-13(9-15(11)18)19-16(20)10-23-14-7-4-12(5-8-14)17(21)22-2/h3-9H,10H2,1-2H3,(H,19,20). The van der Waals surface area contributed by atoms with Crippen molar-refractivity contribution in [3.63, 3.8) is 0 Å². The van der Waals surface area contributed by atoms with Crippen molar-refractivity contribution in [3.8, 4) is 5.75 Å². The quantitative estimate of drug-likeness (QED) is 0.589. The second-order valence-corrected chi connectivity index (χ2v) is 5.98. The first-order valence-electron chi connectivity index (χ1n) is 6.87. The summed E-state index contributed by atoms with van der Waals surface area (Å²) in [7, 11) is 1.32. The van der Waals surface area contributed by atoms with Crippen LogP contribution in [0.4, 0.5) is 5.69 Å². The van der Waals surface area contributed by atoms with Crippen LogP contribution < -0.4 is 10.1 Å². The zero-order valence-corrected chi connectivity index (χ0v) is 14.9. The Kier molecular flexibility index (Phi) is 5.97. The predicted molar refractivity (Wildman–Crippen MR) is 95.8 cm³/mol. The third-order valence-corrected chi connectivity index (χ3v) is 4.26. The lowest BCUT2D eigenvalue weighted by molar-refractivity contribution is -0.118. The van der Waals surface area contributed by atoms with Gasteiger partial charge in [-0.3, -0.25) is 4.79 Å². The lowest BCUT2D eigenvalue weighted by Gasteiger charge is -2.09. The van der Waals surface area contributed by atoms with Crippen molar-refractivity contribution in [2.75, 3.05) is 19.0 Å². The number of anilines is 1. The van der Waals surface area contributed by atoms with Crippen LogP contribution >= 0.6 is 22.6 Å². The first-order chi connectivity index (χ1) is 11.0. The maximum Gasteiger partial charge on any atom is 0.337 e. The molecule has 0 unspecified atom stereocenters. The van der Waals surface area contributed by atoms with E-state index in [-0.39, 0.29) is 12.5 Å². The molecule has 6 heteroatoms. The summed E-state index contributed by atoms with van der Waals surface area (Å²) in [6, 6.07) is 12.1. The number of carbonyl (C=O) groups is 2. The molecule has 23 heavy (non-hydrogen) atoms. The van der Waals surface area contributed by atoms with Crippen LogP contribution in [0, 0.1) is 10.5 Å². The fourth-order valence-electron chi connectivity index (χ4n) is 1.82. The van der Waals surface area contributed by atoms with E-state index in [0.717, 1.165) is 14.8 Å². The van der Waals surface area contributed by atoms with Crippen molar-refractivity contribution >= 4 is 40.2 Å². The molecule has 0 saturated heterocycles. The van der Waals surface area contributed by atoms with E-state index in [1.165, 1.54) is 7.11 Å². The predicted octanol–water partition coefficient (Wildman–Crippen LogP) is 3.40. The molecule has 2 aromatic carbocycles. The highest BCUT2D eigenvalue weighted by atomic mass is 127. The number of methoxy groups -OCH3 is 1. The molecule has 2 aromatic rings. The van der Waals surface area contributed by atoms with Gasteiger partial charge in [0.05, 0.1) is 12.7 Å². The molecule has 0 aliphatic rings. The SMILES string of the molecule is COC(=O)c1ccc(OCC(=O)Nc2ccc(C)c(I)c2)cc1. The maximum absolute atomic E-state index is 11.9. The third kappa shape index (κ3) is 4.95. The Morgan fingerprint density at radius 3 is 2.43 bits per heavy atom. The third-order valence-electron chi connectivity index (χ3n) is 3.10. The van der Waals surface area contributed by atoms with Crippen molar-refractivity contribution in [3.05, 3.63) is 57.2 Å². The van der Waals surface area contributed by atoms with E-state index in [1.807, 2.05) is 25.1 Å². The van der Waals surface area contributed by atoms with Crippen molar-refractivity contribution in [2.45, 2.75) is 6.92 Å². The van der Waals surface area contributed by atoms with Gasteiger partial charge in [-0.15, -0.1) is 0 Å². The molecule has 1 N–H and O–H groups in total. The molecule has 0 fully saturated rings. The van der Waals surface area contributed by atoms with Crippen LogP contribution in [0.3, 0.4) is 0 Å². The highest BCUT2D eigenvalue weighted by Gasteiger charge is 2.07. The first-order valence-corrected chi connectivity index (χ1v) is 7.94. The number of hydrogen-bond donors (Lipinski definition) is 1. The second-order valence-electron chi connectivity index (χ2n) is 4.82. The minimum atomic E-state index is -0.414. The van der Waals surface area contributed by atoms with Gasteiger partial charge in [0, 0.05) is 9.26 Å². The Morgan fingerprint density at radius 1 is 1.13 bits per heavy atom. The Labute approximate surface area is 148 Å². The van der Waals surface area contributed by atoms with E-state index in [9.17, 15) is 9.59 Å². The van der Waals surface area contributed by atoms with Gasteiger partial charge in [0.1, 0.15) is 5.75 Å². The number of aryl methyl sites for hydroxylation is 1. The lowest BCUT2D eigenvalue weighted by atomic mass is 10.2. The molecule has 0 spiro atoms. The zero-order valence-electron chi connectivity index (χ0n) is 12.8. The average Bonchev–Trinajstić information content (AvgIpc) is 2.56. The van der Waals surface area contributed by atoms with E-state index < -0.39 is 5.97 Å². The molecule has 1 amide bonds. The minimum Gasteiger partial charge on any atom is -0.484 e. The van der Waals surface area contributed by atoms with Gasteiger partial charge in [0.15, 0.2) is 6.61 Å². The van der Waals surface area contributed by atoms with Gasteiger partial charge in [-0.25, -0.2) is 4.79 Å². The summed E-state index contributed by atoms with van der Waals surface area (Å²) < 4.78 is 11.1. The highest BCUT2D eigenvalue weighted by molar-refractivity contribution is 14.1. The van der Waals surface area contributed by atoms with E-state index in [4.69, 9.17) is 4.74 Å². The second kappa shape index (κ2) is 7.96. The van der Waals surface area contributed by atoms with Gasteiger partial charge in [-0.2, -0.15) is 0 Å². The Balaban J connectivity index is 1.88. The molecule has 0 aliphatic carbocycles. The van der Waals surface area contributed by atoms with E-state index in [1.54, 1.807) is 24.3 Å².